The number of para-hydroxylation sites is 1. The van der Waals surface area contributed by atoms with Crippen molar-refractivity contribution in [3.05, 3.63) is 59.7 Å². The van der Waals surface area contributed by atoms with Crippen molar-refractivity contribution in [1.29, 1.82) is 0 Å². The van der Waals surface area contributed by atoms with Crippen molar-refractivity contribution in [1.82, 2.24) is 10.2 Å². The summed E-state index contributed by atoms with van der Waals surface area (Å²) in [5.74, 6) is 1.84. The lowest BCUT2D eigenvalue weighted by Crippen LogP contribution is -2.48. The lowest BCUT2D eigenvalue weighted by atomic mass is 10.0. The summed E-state index contributed by atoms with van der Waals surface area (Å²) < 4.78 is 10.7. The zero-order valence-electron chi connectivity index (χ0n) is 15.4. The molecule has 1 fully saturated rings. The molecular formula is C21H26N2O3. The zero-order chi connectivity index (χ0) is 18.4. The van der Waals surface area contributed by atoms with Crippen molar-refractivity contribution in [2.24, 2.45) is 0 Å². The number of amides is 1. The number of benzene rings is 2. The first-order valence-electron chi connectivity index (χ1n) is 8.99. The van der Waals surface area contributed by atoms with Crippen LogP contribution in [-0.2, 0) is 11.2 Å². The van der Waals surface area contributed by atoms with Crippen LogP contribution in [0.5, 0.6) is 11.5 Å². The summed E-state index contributed by atoms with van der Waals surface area (Å²) in [5, 5.41) is 3.39. The van der Waals surface area contributed by atoms with Gasteiger partial charge in [0.25, 0.3) is 0 Å². The van der Waals surface area contributed by atoms with Crippen LogP contribution in [0.4, 0.5) is 0 Å². The monoisotopic (exact) mass is 354 g/mol. The molecule has 0 spiro atoms. The van der Waals surface area contributed by atoms with E-state index in [2.05, 4.69) is 5.32 Å². The highest BCUT2D eigenvalue weighted by Crippen LogP contribution is 2.30. The topological polar surface area (TPSA) is 50.8 Å². The third kappa shape index (κ3) is 4.17. The highest BCUT2D eigenvalue weighted by Gasteiger charge is 2.29. The number of ether oxygens (including phenoxy) is 2. The van der Waals surface area contributed by atoms with Crippen LogP contribution in [0, 0.1) is 0 Å². The van der Waals surface area contributed by atoms with Gasteiger partial charge < -0.3 is 19.7 Å². The van der Waals surface area contributed by atoms with E-state index in [0.29, 0.717) is 13.0 Å². The second kappa shape index (κ2) is 8.72. The highest BCUT2D eigenvalue weighted by atomic mass is 16.5. The molecule has 0 aromatic heterocycles. The van der Waals surface area contributed by atoms with Gasteiger partial charge in [-0.1, -0.05) is 30.3 Å². The van der Waals surface area contributed by atoms with E-state index in [1.807, 2.05) is 53.4 Å². The van der Waals surface area contributed by atoms with Crippen LogP contribution in [0.1, 0.15) is 23.6 Å². The standard InChI is InChI=1S/C21H26N2O3/c1-25-17-10-7-16(8-11-17)9-12-21(24)23-14-13-22-15-19(23)18-5-3-4-6-20(18)26-2/h3-8,10-11,19,22H,9,12-15H2,1-2H3. The Balaban J connectivity index is 1.69. The first-order chi connectivity index (χ1) is 12.7. The van der Waals surface area contributed by atoms with Gasteiger partial charge in [-0.15, -0.1) is 0 Å². The van der Waals surface area contributed by atoms with Gasteiger partial charge in [-0.2, -0.15) is 0 Å². The predicted molar refractivity (Wildman–Crippen MR) is 102 cm³/mol. The van der Waals surface area contributed by atoms with Crippen molar-refractivity contribution in [2.75, 3.05) is 33.9 Å². The summed E-state index contributed by atoms with van der Waals surface area (Å²) in [6.45, 7) is 2.28. The first kappa shape index (κ1) is 18.3. The Hall–Kier alpha value is -2.53. The summed E-state index contributed by atoms with van der Waals surface area (Å²) in [4.78, 5) is 14.9. The van der Waals surface area contributed by atoms with E-state index in [0.717, 1.165) is 42.1 Å². The molecule has 0 aliphatic carbocycles. The molecule has 26 heavy (non-hydrogen) atoms. The van der Waals surface area contributed by atoms with Crippen LogP contribution in [0.3, 0.4) is 0 Å². The number of carbonyl (C=O) groups is 1. The van der Waals surface area contributed by atoms with E-state index in [1.165, 1.54) is 0 Å². The van der Waals surface area contributed by atoms with Gasteiger partial charge in [-0.25, -0.2) is 0 Å². The zero-order valence-corrected chi connectivity index (χ0v) is 15.4. The second-order valence-corrected chi connectivity index (χ2v) is 6.40. The molecule has 1 aliphatic rings. The summed E-state index contributed by atoms with van der Waals surface area (Å²) in [6.07, 6.45) is 1.23. The molecule has 1 amide bonds. The van der Waals surface area contributed by atoms with E-state index >= 15 is 0 Å². The maximum Gasteiger partial charge on any atom is 0.223 e. The number of aryl methyl sites for hydroxylation is 1. The Morgan fingerprint density at radius 1 is 1.12 bits per heavy atom. The Labute approximate surface area is 154 Å². The molecular weight excluding hydrogens is 328 g/mol. The third-order valence-electron chi connectivity index (χ3n) is 4.85. The Bertz CT molecular complexity index is 730. The maximum atomic E-state index is 12.9. The van der Waals surface area contributed by atoms with Gasteiger partial charge in [0.1, 0.15) is 11.5 Å². The maximum absolute atomic E-state index is 12.9. The quantitative estimate of drug-likeness (QED) is 0.867. The van der Waals surface area contributed by atoms with E-state index < -0.39 is 0 Å². The van der Waals surface area contributed by atoms with Crippen molar-refractivity contribution in [3.8, 4) is 11.5 Å². The summed E-state index contributed by atoms with van der Waals surface area (Å²) in [7, 11) is 3.33. The highest BCUT2D eigenvalue weighted by molar-refractivity contribution is 5.77. The summed E-state index contributed by atoms with van der Waals surface area (Å²) >= 11 is 0. The summed E-state index contributed by atoms with van der Waals surface area (Å²) in [6, 6.07) is 15.8. The molecule has 1 saturated heterocycles. The molecule has 2 aromatic carbocycles. The van der Waals surface area contributed by atoms with Gasteiger partial charge in [0.2, 0.25) is 5.91 Å². The Morgan fingerprint density at radius 3 is 2.62 bits per heavy atom. The van der Waals surface area contributed by atoms with E-state index in [4.69, 9.17) is 9.47 Å². The molecule has 0 radical (unpaired) electrons. The summed E-state index contributed by atoms with van der Waals surface area (Å²) in [5.41, 5.74) is 2.20. The lowest BCUT2D eigenvalue weighted by Gasteiger charge is -2.37. The average molecular weight is 354 g/mol. The van der Waals surface area contributed by atoms with Crippen LogP contribution in [0.2, 0.25) is 0 Å². The molecule has 1 unspecified atom stereocenters. The predicted octanol–water partition coefficient (Wildman–Crippen LogP) is 2.81. The molecule has 1 N–H and O–H groups in total. The molecule has 1 aliphatic heterocycles. The molecule has 138 valence electrons. The second-order valence-electron chi connectivity index (χ2n) is 6.40. The molecule has 5 heteroatoms. The van der Waals surface area contributed by atoms with Crippen molar-refractivity contribution < 1.29 is 14.3 Å². The van der Waals surface area contributed by atoms with Gasteiger partial charge in [-0.3, -0.25) is 4.79 Å². The fourth-order valence-electron chi connectivity index (χ4n) is 3.41. The molecule has 1 heterocycles. The molecule has 5 nitrogen and oxygen atoms in total. The van der Waals surface area contributed by atoms with Gasteiger partial charge in [0, 0.05) is 31.6 Å². The minimum Gasteiger partial charge on any atom is -0.497 e. The molecule has 3 rings (SSSR count). The SMILES string of the molecule is COc1ccc(CCC(=O)N2CCNCC2c2ccccc2OC)cc1. The molecule has 0 saturated carbocycles. The largest absolute Gasteiger partial charge is 0.497 e. The fourth-order valence-corrected chi connectivity index (χ4v) is 3.41. The van der Waals surface area contributed by atoms with Crippen LogP contribution < -0.4 is 14.8 Å². The average Bonchev–Trinajstić information content (AvgIpc) is 2.72. The minimum absolute atomic E-state index is 0.00303. The number of rotatable bonds is 6. The van der Waals surface area contributed by atoms with Crippen LogP contribution in [0.25, 0.3) is 0 Å². The smallest absolute Gasteiger partial charge is 0.223 e. The number of methoxy groups -OCH3 is 2. The van der Waals surface area contributed by atoms with Gasteiger partial charge in [0.05, 0.1) is 20.3 Å². The van der Waals surface area contributed by atoms with Crippen LogP contribution in [0.15, 0.2) is 48.5 Å². The van der Waals surface area contributed by atoms with E-state index in [9.17, 15) is 4.79 Å². The fraction of sp³-hybridized carbons (Fsp3) is 0.381. The van der Waals surface area contributed by atoms with Crippen LogP contribution in [-0.4, -0.2) is 44.7 Å². The molecule has 1 atom stereocenters. The normalized spacial score (nSPS) is 17.0. The van der Waals surface area contributed by atoms with E-state index in [-0.39, 0.29) is 11.9 Å². The van der Waals surface area contributed by atoms with Crippen molar-refractivity contribution in [3.63, 3.8) is 0 Å². The minimum atomic E-state index is 0.00303. The number of piperazine rings is 1. The number of carbonyl (C=O) groups excluding carboxylic acids is 1. The lowest BCUT2D eigenvalue weighted by molar-refractivity contribution is -0.134. The number of hydrogen-bond acceptors (Lipinski definition) is 4. The van der Waals surface area contributed by atoms with Gasteiger partial charge in [0.15, 0.2) is 0 Å². The van der Waals surface area contributed by atoms with E-state index in [1.54, 1.807) is 14.2 Å². The Kier molecular flexibility index (Phi) is 6.12. The molecule has 2 aromatic rings. The van der Waals surface area contributed by atoms with Crippen LogP contribution >= 0.6 is 0 Å². The van der Waals surface area contributed by atoms with Gasteiger partial charge >= 0.3 is 0 Å². The Morgan fingerprint density at radius 2 is 1.88 bits per heavy atom. The van der Waals surface area contributed by atoms with Gasteiger partial charge in [-0.05, 0) is 30.2 Å². The molecule has 0 bridgehead atoms. The van der Waals surface area contributed by atoms with Crippen molar-refractivity contribution >= 4 is 5.91 Å². The number of nitrogens with one attached hydrogen (secondary N) is 1. The number of nitrogens with zero attached hydrogens (tertiary/aromatic N) is 1. The van der Waals surface area contributed by atoms with Crippen molar-refractivity contribution in [2.45, 2.75) is 18.9 Å². The first-order valence-corrected chi connectivity index (χ1v) is 8.99. The third-order valence-corrected chi connectivity index (χ3v) is 4.85. The number of hydrogen-bond donors (Lipinski definition) is 1.